The zero-order chi connectivity index (χ0) is 13.0. The van der Waals surface area contributed by atoms with Crippen LogP contribution in [0.4, 0.5) is 0 Å². The van der Waals surface area contributed by atoms with Crippen molar-refractivity contribution >= 4 is 0 Å². The lowest BCUT2D eigenvalue weighted by Gasteiger charge is -2.21. The van der Waals surface area contributed by atoms with E-state index in [9.17, 15) is 0 Å². The van der Waals surface area contributed by atoms with Crippen molar-refractivity contribution in [1.29, 1.82) is 0 Å². The van der Waals surface area contributed by atoms with Gasteiger partial charge in [0.05, 0.1) is 13.2 Å². The molecule has 0 radical (unpaired) electrons. The molecule has 0 amide bonds. The zero-order valence-corrected chi connectivity index (χ0v) is 11.4. The predicted octanol–water partition coefficient (Wildman–Crippen LogP) is 3.05. The number of ether oxygens (including phenoxy) is 1. The molecule has 0 bridgehead atoms. The summed E-state index contributed by atoms with van der Waals surface area (Å²) >= 11 is 0. The average molecular weight is 248 g/mol. The van der Waals surface area contributed by atoms with Crippen molar-refractivity contribution in [2.75, 3.05) is 0 Å². The molecule has 1 aliphatic rings. The predicted molar refractivity (Wildman–Crippen MR) is 73.7 cm³/mol. The van der Waals surface area contributed by atoms with Crippen LogP contribution in [0.2, 0.25) is 0 Å². The van der Waals surface area contributed by atoms with E-state index < -0.39 is 0 Å². The van der Waals surface area contributed by atoms with E-state index in [2.05, 4.69) is 37.5 Å². The Bertz CT molecular complexity index is 392. The number of hydrogen-bond donors (Lipinski definition) is 2. The van der Waals surface area contributed by atoms with Gasteiger partial charge in [-0.25, -0.2) is 0 Å². The van der Waals surface area contributed by atoms with Crippen LogP contribution in [0.1, 0.15) is 55.8 Å². The van der Waals surface area contributed by atoms with Gasteiger partial charge < -0.3 is 4.74 Å². The summed E-state index contributed by atoms with van der Waals surface area (Å²) in [5, 5.41) is 0. The Morgan fingerprint density at radius 1 is 1.33 bits per heavy atom. The minimum absolute atomic E-state index is 0.248. The van der Waals surface area contributed by atoms with E-state index in [0.717, 1.165) is 19.6 Å². The first-order valence-electron chi connectivity index (χ1n) is 6.90. The molecule has 18 heavy (non-hydrogen) atoms. The lowest BCUT2D eigenvalue weighted by molar-refractivity contribution is 0.134. The molecule has 0 fully saturated rings. The van der Waals surface area contributed by atoms with Crippen LogP contribution in [0.3, 0.4) is 0 Å². The summed E-state index contributed by atoms with van der Waals surface area (Å²) < 4.78 is 5.45. The van der Waals surface area contributed by atoms with Gasteiger partial charge in [-0.3, -0.25) is 11.3 Å². The third kappa shape index (κ3) is 3.10. The number of fused-ring (bicyclic) bond motifs is 1. The Kier molecular flexibility index (Phi) is 4.75. The summed E-state index contributed by atoms with van der Waals surface area (Å²) in [6, 6.07) is 6.84. The van der Waals surface area contributed by atoms with Crippen molar-refractivity contribution in [2.24, 2.45) is 11.8 Å². The number of hydrogen-bond acceptors (Lipinski definition) is 3. The van der Waals surface area contributed by atoms with Gasteiger partial charge in [0.2, 0.25) is 0 Å². The maximum absolute atomic E-state index is 5.71. The highest BCUT2D eigenvalue weighted by molar-refractivity contribution is 5.34. The van der Waals surface area contributed by atoms with Crippen LogP contribution in [0.25, 0.3) is 0 Å². The molecular formula is C15H24N2O. The van der Waals surface area contributed by atoms with Gasteiger partial charge in [0.1, 0.15) is 0 Å². The van der Waals surface area contributed by atoms with E-state index >= 15 is 0 Å². The second-order valence-electron chi connectivity index (χ2n) is 5.37. The first kappa shape index (κ1) is 13.5. The fraction of sp³-hybridized carbons (Fsp3) is 0.600. The van der Waals surface area contributed by atoms with Gasteiger partial charge >= 0.3 is 0 Å². The van der Waals surface area contributed by atoms with E-state index in [1.54, 1.807) is 0 Å². The molecule has 0 saturated heterocycles. The molecule has 3 heteroatoms. The summed E-state index contributed by atoms with van der Waals surface area (Å²) in [7, 11) is 0. The van der Waals surface area contributed by atoms with Gasteiger partial charge in [0.25, 0.3) is 0 Å². The highest BCUT2D eigenvalue weighted by atomic mass is 16.5. The van der Waals surface area contributed by atoms with Crippen molar-refractivity contribution in [2.45, 2.75) is 52.4 Å². The van der Waals surface area contributed by atoms with Crippen LogP contribution in [-0.2, 0) is 18.0 Å². The molecule has 0 aromatic heterocycles. The number of hydrazine groups is 1. The second-order valence-corrected chi connectivity index (χ2v) is 5.37. The van der Waals surface area contributed by atoms with Gasteiger partial charge in [-0.15, -0.1) is 0 Å². The van der Waals surface area contributed by atoms with E-state index in [1.165, 1.54) is 29.5 Å². The van der Waals surface area contributed by atoms with Crippen LogP contribution < -0.4 is 11.3 Å². The summed E-state index contributed by atoms with van der Waals surface area (Å²) in [5.41, 5.74) is 6.87. The minimum Gasteiger partial charge on any atom is -0.372 e. The maximum Gasteiger partial charge on any atom is 0.0725 e. The quantitative estimate of drug-likeness (QED) is 0.601. The Balaban J connectivity index is 2.07. The number of rotatable bonds is 6. The molecule has 2 unspecified atom stereocenters. The Hall–Kier alpha value is -0.900. The molecule has 0 spiro atoms. The molecule has 2 rings (SSSR count). The maximum atomic E-state index is 5.71. The fourth-order valence-corrected chi connectivity index (χ4v) is 2.72. The van der Waals surface area contributed by atoms with Gasteiger partial charge in [-0.05, 0) is 29.0 Å². The fourth-order valence-electron chi connectivity index (χ4n) is 2.72. The number of nitrogens with one attached hydrogen (secondary N) is 1. The van der Waals surface area contributed by atoms with Crippen molar-refractivity contribution in [3.8, 4) is 0 Å². The topological polar surface area (TPSA) is 47.3 Å². The highest BCUT2D eigenvalue weighted by Crippen LogP contribution is 2.27. The second kappa shape index (κ2) is 6.32. The zero-order valence-electron chi connectivity index (χ0n) is 11.4. The summed E-state index contributed by atoms with van der Waals surface area (Å²) in [6.45, 7) is 6.02. The number of benzene rings is 1. The van der Waals surface area contributed by atoms with E-state index in [1.807, 2.05) is 0 Å². The molecule has 1 aromatic rings. The van der Waals surface area contributed by atoms with Gasteiger partial charge in [0.15, 0.2) is 0 Å². The van der Waals surface area contributed by atoms with Crippen molar-refractivity contribution in [3.63, 3.8) is 0 Å². The molecule has 0 aliphatic carbocycles. The normalized spacial score (nSPS) is 17.5. The molecule has 1 aliphatic heterocycles. The van der Waals surface area contributed by atoms with Crippen molar-refractivity contribution in [3.05, 3.63) is 34.9 Å². The summed E-state index contributed by atoms with van der Waals surface area (Å²) in [4.78, 5) is 0. The SMILES string of the molecule is CCCC(C)CC(NN)c1ccc2c(c1)COC2. The summed E-state index contributed by atoms with van der Waals surface area (Å²) in [5.74, 6) is 6.41. The van der Waals surface area contributed by atoms with Crippen LogP contribution >= 0.6 is 0 Å². The van der Waals surface area contributed by atoms with Crippen LogP contribution in [0.15, 0.2) is 18.2 Å². The van der Waals surface area contributed by atoms with Gasteiger partial charge in [-0.2, -0.15) is 0 Å². The first-order valence-corrected chi connectivity index (χ1v) is 6.90. The standard InChI is InChI=1S/C15H24N2O/c1-3-4-11(2)7-15(17-16)12-5-6-13-9-18-10-14(13)8-12/h5-6,8,11,15,17H,3-4,7,9-10,16H2,1-2H3. The minimum atomic E-state index is 0.248. The van der Waals surface area contributed by atoms with Crippen molar-refractivity contribution in [1.82, 2.24) is 5.43 Å². The van der Waals surface area contributed by atoms with Gasteiger partial charge in [-0.1, -0.05) is 44.9 Å². The van der Waals surface area contributed by atoms with Crippen LogP contribution in [0.5, 0.6) is 0 Å². The lowest BCUT2D eigenvalue weighted by Crippen LogP contribution is -2.29. The van der Waals surface area contributed by atoms with Gasteiger partial charge in [0, 0.05) is 6.04 Å². The van der Waals surface area contributed by atoms with E-state index in [0.29, 0.717) is 5.92 Å². The van der Waals surface area contributed by atoms with Crippen molar-refractivity contribution < 1.29 is 4.74 Å². The third-order valence-electron chi connectivity index (χ3n) is 3.77. The van der Waals surface area contributed by atoms with Crippen LogP contribution in [-0.4, -0.2) is 0 Å². The summed E-state index contributed by atoms with van der Waals surface area (Å²) in [6.07, 6.45) is 3.58. The first-order chi connectivity index (χ1) is 8.74. The molecule has 0 saturated carbocycles. The Labute approximate surface area is 110 Å². The molecule has 2 atom stereocenters. The third-order valence-corrected chi connectivity index (χ3v) is 3.77. The molecule has 3 N–H and O–H groups in total. The van der Waals surface area contributed by atoms with E-state index in [4.69, 9.17) is 10.6 Å². The molecule has 1 aromatic carbocycles. The molecule has 3 nitrogen and oxygen atoms in total. The highest BCUT2D eigenvalue weighted by Gasteiger charge is 2.17. The largest absolute Gasteiger partial charge is 0.372 e. The Morgan fingerprint density at radius 2 is 2.11 bits per heavy atom. The molecule has 1 heterocycles. The Morgan fingerprint density at radius 3 is 2.83 bits per heavy atom. The van der Waals surface area contributed by atoms with Crippen LogP contribution in [0, 0.1) is 5.92 Å². The smallest absolute Gasteiger partial charge is 0.0725 e. The molecular weight excluding hydrogens is 224 g/mol. The number of nitrogens with two attached hydrogens (primary N) is 1. The average Bonchev–Trinajstić information content (AvgIpc) is 2.83. The lowest BCUT2D eigenvalue weighted by atomic mass is 9.92. The monoisotopic (exact) mass is 248 g/mol. The van der Waals surface area contributed by atoms with E-state index in [-0.39, 0.29) is 6.04 Å². The molecule has 100 valence electrons.